The van der Waals surface area contributed by atoms with Crippen molar-refractivity contribution in [2.24, 2.45) is 17.3 Å². The molecule has 4 atom stereocenters. The molecule has 0 radical (unpaired) electrons. The molecule has 0 N–H and O–H groups in total. The van der Waals surface area contributed by atoms with E-state index in [-0.39, 0.29) is 40.6 Å². The largest absolute Gasteiger partial charge is 0.495 e. The Labute approximate surface area is 227 Å². The first-order chi connectivity index (χ1) is 17.7. The average molecular weight is 551 g/mol. The second-order valence-corrected chi connectivity index (χ2v) is 11.6. The van der Waals surface area contributed by atoms with Gasteiger partial charge in [0.25, 0.3) is 0 Å². The molecule has 2 aliphatic heterocycles. The van der Waals surface area contributed by atoms with E-state index in [2.05, 4.69) is 20.8 Å². The van der Waals surface area contributed by atoms with Crippen molar-refractivity contribution in [2.45, 2.75) is 32.8 Å². The summed E-state index contributed by atoms with van der Waals surface area (Å²) < 4.78 is 41.4. The lowest BCUT2D eigenvalue weighted by molar-refractivity contribution is -0.0412. The van der Waals surface area contributed by atoms with E-state index in [9.17, 15) is 0 Å². The first-order valence-corrected chi connectivity index (χ1v) is 12.9. The molecule has 2 aromatic carbocycles. The highest BCUT2D eigenvalue weighted by Crippen LogP contribution is 2.59. The number of benzene rings is 2. The lowest BCUT2D eigenvalue weighted by Gasteiger charge is -2.41. The molecule has 200 valence electrons. The quantitative estimate of drug-likeness (QED) is 0.401. The number of halogens is 2. The van der Waals surface area contributed by atoms with Crippen molar-refractivity contribution in [1.29, 1.82) is 0 Å². The van der Waals surface area contributed by atoms with Gasteiger partial charge in [0.05, 0.1) is 40.6 Å². The lowest BCUT2D eigenvalue weighted by atomic mass is 9.65. The van der Waals surface area contributed by atoms with Crippen LogP contribution in [0.4, 0.5) is 0 Å². The number of methoxy groups -OCH3 is 3. The molecule has 0 saturated carbocycles. The molecule has 7 nitrogen and oxygen atoms in total. The molecule has 0 unspecified atom stereocenters. The fraction of sp³-hybridized carbons (Fsp3) is 0.500. The van der Waals surface area contributed by atoms with Crippen LogP contribution in [0.25, 0.3) is 0 Å². The molecule has 0 amide bonds. The molecule has 1 aliphatic carbocycles. The van der Waals surface area contributed by atoms with Crippen molar-refractivity contribution in [3.8, 4) is 28.7 Å². The molecule has 37 heavy (non-hydrogen) atoms. The Morgan fingerprint density at radius 2 is 1.51 bits per heavy atom. The van der Waals surface area contributed by atoms with Gasteiger partial charge in [0.15, 0.2) is 23.0 Å². The minimum absolute atomic E-state index is 0.0260. The summed E-state index contributed by atoms with van der Waals surface area (Å²) in [5.41, 5.74) is 2.97. The van der Waals surface area contributed by atoms with Crippen LogP contribution >= 0.6 is 23.2 Å². The van der Waals surface area contributed by atoms with Crippen molar-refractivity contribution in [1.82, 2.24) is 0 Å². The number of hydrogen-bond donors (Lipinski definition) is 0. The fourth-order valence-corrected chi connectivity index (χ4v) is 5.93. The molecular weight excluding hydrogens is 519 g/mol. The van der Waals surface area contributed by atoms with E-state index >= 15 is 0 Å². The lowest BCUT2D eigenvalue weighted by Crippen LogP contribution is -2.35. The predicted octanol–water partition coefficient (Wildman–Crippen LogP) is 6.60. The third kappa shape index (κ3) is 4.66. The zero-order chi connectivity index (χ0) is 26.5. The highest BCUT2D eigenvalue weighted by Gasteiger charge is 2.52. The van der Waals surface area contributed by atoms with Gasteiger partial charge in [-0.15, -0.1) is 0 Å². The number of allylic oxidation sites excluding steroid dienone is 1. The SMILES string of the molecule is COc1cc([C@@H]2c3cc4c(cc3[C@H](OCC(C)(C)C)[C@H]3COC(=C(Cl)Cl)[C@H]23)OCO4)cc(OC)c1OC. The van der Waals surface area contributed by atoms with Crippen LogP contribution in [0.3, 0.4) is 0 Å². The predicted molar refractivity (Wildman–Crippen MR) is 140 cm³/mol. The van der Waals surface area contributed by atoms with Crippen LogP contribution in [0, 0.1) is 17.3 Å². The Hall–Kier alpha value is -2.48. The van der Waals surface area contributed by atoms with Crippen LogP contribution in [0.2, 0.25) is 0 Å². The highest BCUT2D eigenvalue weighted by molar-refractivity contribution is 6.56. The van der Waals surface area contributed by atoms with Gasteiger partial charge in [0.2, 0.25) is 12.5 Å². The maximum Gasteiger partial charge on any atom is 0.231 e. The summed E-state index contributed by atoms with van der Waals surface area (Å²) in [5, 5.41) is 0. The number of rotatable bonds is 6. The standard InChI is InChI=1S/C28H32Cl2O7/c1-28(2,3)12-35-24-16-10-19-18(36-13-37-19)9-15(16)22(23-17(24)11-34-26(23)27(29)30)14-7-20(31-4)25(33-6)21(8-14)32-5/h7-10,17,22-24H,11-13H2,1-6H3/t17-,22+,23-,24-/m0/s1. The maximum atomic E-state index is 6.63. The third-order valence-electron chi connectivity index (χ3n) is 7.09. The molecule has 9 heteroatoms. The van der Waals surface area contributed by atoms with Gasteiger partial charge in [-0.3, -0.25) is 0 Å². The second kappa shape index (κ2) is 10.0. The molecule has 1 fully saturated rings. The van der Waals surface area contributed by atoms with Gasteiger partial charge in [0.1, 0.15) is 10.3 Å². The van der Waals surface area contributed by atoms with Gasteiger partial charge in [-0.25, -0.2) is 0 Å². The Balaban J connectivity index is 1.75. The van der Waals surface area contributed by atoms with E-state index in [4.69, 9.17) is 56.4 Å². The summed E-state index contributed by atoms with van der Waals surface area (Å²) in [5.74, 6) is 3.15. The van der Waals surface area contributed by atoms with Crippen LogP contribution in [-0.4, -0.2) is 41.3 Å². The summed E-state index contributed by atoms with van der Waals surface area (Å²) in [4.78, 5) is 0. The van der Waals surface area contributed by atoms with Gasteiger partial charge in [-0.05, 0) is 46.4 Å². The fourth-order valence-electron chi connectivity index (χ4n) is 5.57. The molecule has 0 aromatic heterocycles. The normalized spacial score (nSPS) is 23.7. The van der Waals surface area contributed by atoms with E-state index in [1.807, 2.05) is 24.3 Å². The van der Waals surface area contributed by atoms with Crippen LogP contribution in [0.15, 0.2) is 34.5 Å². The minimum atomic E-state index is -0.253. The summed E-state index contributed by atoms with van der Waals surface area (Å²) in [6.07, 6.45) is -0.253. The van der Waals surface area contributed by atoms with E-state index in [1.165, 1.54) is 0 Å². The van der Waals surface area contributed by atoms with Crippen LogP contribution in [0.1, 0.15) is 49.5 Å². The second-order valence-electron chi connectivity index (χ2n) is 10.7. The molecule has 0 spiro atoms. The summed E-state index contributed by atoms with van der Waals surface area (Å²) in [6.45, 7) is 7.62. The van der Waals surface area contributed by atoms with E-state index < -0.39 is 0 Å². The first-order valence-electron chi connectivity index (χ1n) is 12.2. The number of ether oxygens (including phenoxy) is 7. The van der Waals surface area contributed by atoms with Gasteiger partial charge in [0, 0.05) is 17.8 Å². The number of hydrogen-bond acceptors (Lipinski definition) is 7. The van der Waals surface area contributed by atoms with Gasteiger partial charge >= 0.3 is 0 Å². The summed E-state index contributed by atoms with van der Waals surface area (Å²) >= 11 is 12.8. The zero-order valence-electron chi connectivity index (χ0n) is 21.9. The monoisotopic (exact) mass is 550 g/mol. The smallest absolute Gasteiger partial charge is 0.231 e. The molecule has 3 aliphatic rings. The summed E-state index contributed by atoms with van der Waals surface area (Å²) in [6, 6.07) is 8.00. The zero-order valence-corrected chi connectivity index (χ0v) is 23.4. The maximum absolute atomic E-state index is 6.63. The van der Waals surface area contributed by atoms with E-state index in [0.29, 0.717) is 47.7 Å². The first kappa shape index (κ1) is 26.1. The molecular formula is C28H32Cl2O7. The van der Waals surface area contributed by atoms with Gasteiger partial charge in [-0.2, -0.15) is 0 Å². The highest BCUT2D eigenvalue weighted by atomic mass is 35.5. The van der Waals surface area contributed by atoms with Crippen molar-refractivity contribution in [3.05, 3.63) is 51.2 Å². The van der Waals surface area contributed by atoms with Crippen molar-refractivity contribution in [2.75, 3.05) is 41.3 Å². The van der Waals surface area contributed by atoms with Gasteiger partial charge in [-0.1, -0.05) is 44.0 Å². The molecule has 2 heterocycles. The van der Waals surface area contributed by atoms with Crippen molar-refractivity contribution >= 4 is 23.2 Å². The molecule has 0 bridgehead atoms. The Kier molecular flexibility index (Phi) is 7.07. The average Bonchev–Trinajstić information content (AvgIpc) is 3.50. The molecule has 5 rings (SSSR count). The van der Waals surface area contributed by atoms with Crippen LogP contribution in [-0.2, 0) is 9.47 Å². The van der Waals surface area contributed by atoms with Crippen molar-refractivity contribution in [3.63, 3.8) is 0 Å². The Morgan fingerprint density at radius 3 is 2.05 bits per heavy atom. The topological polar surface area (TPSA) is 64.6 Å². The van der Waals surface area contributed by atoms with E-state index in [1.54, 1.807) is 21.3 Å². The summed E-state index contributed by atoms with van der Waals surface area (Å²) in [7, 11) is 4.79. The van der Waals surface area contributed by atoms with Crippen molar-refractivity contribution < 1.29 is 33.2 Å². The molecule has 2 aromatic rings. The van der Waals surface area contributed by atoms with Crippen LogP contribution in [0.5, 0.6) is 28.7 Å². The minimum Gasteiger partial charge on any atom is -0.495 e. The molecule has 1 saturated heterocycles. The van der Waals surface area contributed by atoms with E-state index in [0.717, 1.165) is 16.7 Å². The Morgan fingerprint density at radius 1 is 0.892 bits per heavy atom. The third-order valence-corrected chi connectivity index (χ3v) is 7.46. The Bertz CT molecular complexity index is 1190. The van der Waals surface area contributed by atoms with Crippen LogP contribution < -0.4 is 23.7 Å². The van der Waals surface area contributed by atoms with Gasteiger partial charge < -0.3 is 33.2 Å². The number of fused-ring (bicyclic) bond motifs is 3.